The van der Waals surface area contributed by atoms with Gasteiger partial charge in [-0.05, 0) is 49.4 Å². The van der Waals surface area contributed by atoms with E-state index in [9.17, 15) is 9.59 Å². The standard InChI is InChI=1S/C28H25N5O4/c1-18-30-23-9-5-4-8-22(23)28(35)33(18)21-13-11-19(12-14-21)27(34)31-25-15-16-29-32(25)17-20-7-6-10-24(36-2)26(20)37-3/h4-16H,17H2,1-3H3,(H,31,34). The van der Waals surface area contributed by atoms with Crippen molar-refractivity contribution in [3.05, 3.63) is 106 Å². The quantitative estimate of drug-likeness (QED) is 0.363. The fraction of sp³-hybridized carbons (Fsp3) is 0.143. The molecule has 0 saturated carbocycles. The van der Waals surface area contributed by atoms with E-state index in [0.717, 1.165) is 5.56 Å². The van der Waals surface area contributed by atoms with Gasteiger partial charge in [0.2, 0.25) is 0 Å². The minimum absolute atomic E-state index is 0.155. The average Bonchev–Trinajstić information content (AvgIpc) is 3.35. The van der Waals surface area contributed by atoms with Crippen LogP contribution in [0.15, 0.2) is 83.8 Å². The van der Waals surface area contributed by atoms with E-state index in [2.05, 4.69) is 15.4 Å². The molecule has 0 fully saturated rings. The van der Waals surface area contributed by atoms with E-state index in [4.69, 9.17) is 9.47 Å². The van der Waals surface area contributed by atoms with E-state index in [0.29, 0.717) is 51.8 Å². The number of carbonyl (C=O) groups excluding carboxylic acids is 1. The van der Waals surface area contributed by atoms with Gasteiger partial charge in [-0.15, -0.1) is 0 Å². The summed E-state index contributed by atoms with van der Waals surface area (Å²) in [5.41, 5.74) is 2.43. The Hall–Kier alpha value is -4.92. The molecule has 1 N–H and O–H groups in total. The van der Waals surface area contributed by atoms with Crippen LogP contribution >= 0.6 is 0 Å². The van der Waals surface area contributed by atoms with E-state index < -0.39 is 0 Å². The molecule has 0 aliphatic carbocycles. The molecule has 1 amide bonds. The van der Waals surface area contributed by atoms with Crippen LogP contribution in [0, 0.1) is 6.92 Å². The third-order valence-corrected chi connectivity index (χ3v) is 6.09. The van der Waals surface area contributed by atoms with Crippen LogP contribution in [0.5, 0.6) is 11.5 Å². The highest BCUT2D eigenvalue weighted by molar-refractivity contribution is 6.03. The van der Waals surface area contributed by atoms with E-state index in [1.807, 2.05) is 36.4 Å². The summed E-state index contributed by atoms with van der Waals surface area (Å²) >= 11 is 0. The highest BCUT2D eigenvalue weighted by Crippen LogP contribution is 2.31. The first-order chi connectivity index (χ1) is 18.0. The summed E-state index contributed by atoms with van der Waals surface area (Å²) in [6.45, 7) is 2.16. The van der Waals surface area contributed by atoms with Gasteiger partial charge in [0.25, 0.3) is 11.5 Å². The maximum Gasteiger partial charge on any atom is 0.265 e. The van der Waals surface area contributed by atoms with Crippen LogP contribution in [0.2, 0.25) is 0 Å². The van der Waals surface area contributed by atoms with Crippen molar-refractivity contribution < 1.29 is 14.3 Å². The first-order valence-corrected chi connectivity index (χ1v) is 11.6. The van der Waals surface area contributed by atoms with Gasteiger partial charge in [0.1, 0.15) is 11.6 Å². The average molecular weight is 496 g/mol. The maximum atomic E-state index is 13.1. The Bertz CT molecular complexity index is 1650. The molecule has 9 heteroatoms. The highest BCUT2D eigenvalue weighted by atomic mass is 16.5. The first-order valence-electron chi connectivity index (χ1n) is 11.6. The number of benzene rings is 3. The van der Waals surface area contributed by atoms with Crippen LogP contribution in [0.25, 0.3) is 16.6 Å². The van der Waals surface area contributed by atoms with Crippen LogP contribution < -0.4 is 20.3 Å². The number of methoxy groups -OCH3 is 2. The molecule has 2 aromatic heterocycles. The normalized spacial score (nSPS) is 10.9. The van der Waals surface area contributed by atoms with E-state index >= 15 is 0 Å². The Balaban J connectivity index is 1.37. The van der Waals surface area contributed by atoms with Crippen LogP contribution in [0.3, 0.4) is 0 Å². The zero-order valence-corrected chi connectivity index (χ0v) is 20.6. The Kier molecular flexibility index (Phi) is 6.42. The van der Waals surface area contributed by atoms with Gasteiger partial charge in [-0.3, -0.25) is 14.2 Å². The molecule has 0 radical (unpaired) electrons. The number of aromatic nitrogens is 4. The Morgan fingerprint density at radius 3 is 2.49 bits per heavy atom. The zero-order valence-electron chi connectivity index (χ0n) is 20.6. The van der Waals surface area contributed by atoms with Gasteiger partial charge in [-0.2, -0.15) is 5.10 Å². The summed E-state index contributed by atoms with van der Waals surface area (Å²) in [6, 6.07) is 21.4. The van der Waals surface area contributed by atoms with Crippen LogP contribution in [-0.4, -0.2) is 39.5 Å². The number of rotatable bonds is 7. The molecule has 0 unspecified atom stereocenters. The SMILES string of the molecule is COc1cccc(Cn2nccc2NC(=O)c2ccc(-n3c(C)nc4ccccc4c3=O)cc2)c1OC. The number of nitrogens with one attached hydrogen (secondary N) is 1. The summed E-state index contributed by atoms with van der Waals surface area (Å²) in [7, 11) is 3.17. The number of nitrogens with zero attached hydrogens (tertiary/aromatic N) is 4. The summed E-state index contributed by atoms with van der Waals surface area (Å²) in [5.74, 6) is 2.03. The van der Waals surface area contributed by atoms with Gasteiger partial charge < -0.3 is 14.8 Å². The predicted molar refractivity (Wildman–Crippen MR) is 141 cm³/mol. The van der Waals surface area contributed by atoms with E-state index in [-0.39, 0.29) is 11.5 Å². The third kappa shape index (κ3) is 4.54. The number of hydrogen-bond donors (Lipinski definition) is 1. The second-order valence-corrected chi connectivity index (χ2v) is 8.34. The molecule has 0 aliphatic rings. The molecule has 3 aromatic carbocycles. The molecule has 9 nitrogen and oxygen atoms in total. The smallest absolute Gasteiger partial charge is 0.265 e. The monoisotopic (exact) mass is 495 g/mol. The number of aryl methyl sites for hydroxylation is 1. The zero-order chi connectivity index (χ0) is 25.9. The Labute approximate surface area is 212 Å². The van der Waals surface area contributed by atoms with E-state index in [1.165, 1.54) is 0 Å². The lowest BCUT2D eigenvalue weighted by atomic mass is 10.1. The number of hydrogen-bond acceptors (Lipinski definition) is 6. The lowest BCUT2D eigenvalue weighted by Crippen LogP contribution is -2.22. The van der Waals surface area contributed by atoms with Crippen molar-refractivity contribution >= 4 is 22.6 Å². The van der Waals surface area contributed by atoms with Crippen molar-refractivity contribution in [3.8, 4) is 17.2 Å². The lowest BCUT2D eigenvalue weighted by Gasteiger charge is -2.14. The lowest BCUT2D eigenvalue weighted by molar-refractivity contribution is 0.102. The van der Waals surface area contributed by atoms with Crippen LogP contribution in [0.4, 0.5) is 5.82 Å². The van der Waals surface area contributed by atoms with Gasteiger partial charge >= 0.3 is 0 Å². The van der Waals surface area contributed by atoms with Crippen molar-refractivity contribution in [3.63, 3.8) is 0 Å². The number of amides is 1. The molecule has 37 heavy (non-hydrogen) atoms. The molecule has 0 bridgehead atoms. The third-order valence-electron chi connectivity index (χ3n) is 6.09. The number of para-hydroxylation sites is 2. The van der Waals surface area contributed by atoms with Crippen LogP contribution in [0.1, 0.15) is 21.7 Å². The Morgan fingerprint density at radius 2 is 1.73 bits per heavy atom. The van der Waals surface area contributed by atoms with Gasteiger partial charge in [0.15, 0.2) is 11.5 Å². The summed E-state index contributed by atoms with van der Waals surface area (Å²) in [6.07, 6.45) is 1.62. The first kappa shape index (κ1) is 23.8. The molecule has 2 heterocycles. The fourth-order valence-electron chi connectivity index (χ4n) is 4.30. The number of fused-ring (bicyclic) bond motifs is 1. The van der Waals surface area contributed by atoms with Gasteiger partial charge in [-0.25, -0.2) is 9.67 Å². The van der Waals surface area contributed by atoms with E-state index in [1.54, 1.807) is 73.0 Å². The molecule has 0 saturated heterocycles. The largest absolute Gasteiger partial charge is 0.493 e. The molecular weight excluding hydrogens is 470 g/mol. The Morgan fingerprint density at radius 1 is 0.946 bits per heavy atom. The highest BCUT2D eigenvalue weighted by Gasteiger charge is 2.15. The topological polar surface area (TPSA) is 100 Å². The molecule has 0 aliphatic heterocycles. The molecular formula is C28H25N5O4. The second kappa shape index (κ2) is 9.98. The number of anilines is 1. The minimum Gasteiger partial charge on any atom is -0.493 e. The van der Waals surface area contributed by atoms with Crippen molar-refractivity contribution in [1.29, 1.82) is 0 Å². The van der Waals surface area contributed by atoms with Crippen molar-refractivity contribution in [2.45, 2.75) is 13.5 Å². The van der Waals surface area contributed by atoms with Crippen molar-refractivity contribution in [2.75, 3.05) is 19.5 Å². The molecule has 5 aromatic rings. The summed E-state index contributed by atoms with van der Waals surface area (Å²) in [4.78, 5) is 30.6. The second-order valence-electron chi connectivity index (χ2n) is 8.34. The fourth-order valence-corrected chi connectivity index (χ4v) is 4.30. The summed E-state index contributed by atoms with van der Waals surface area (Å²) < 4.78 is 14.1. The number of ether oxygens (including phenoxy) is 2. The summed E-state index contributed by atoms with van der Waals surface area (Å²) in [5, 5.41) is 7.79. The molecule has 0 spiro atoms. The van der Waals surface area contributed by atoms with Crippen molar-refractivity contribution in [1.82, 2.24) is 19.3 Å². The maximum absolute atomic E-state index is 13.1. The molecule has 0 atom stereocenters. The minimum atomic E-state index is -0.299. The molecule has 5 rings (SSSR count). The molecule has 186 valence electrons. The van der Waals surface area contributed by atoms with Gasteiger partial charge in [0, 0.05) is 17.2 Å². The van der Waals surface area contributed by atoms with Crippen LogP contribution in [-0.2, 0) is 6.54 Å². The van der Waals surface area contributed by atoms with Gasteiger partial charge in [0.05, 0.1) is 43.6 Å². The number of carbonyl (C=O) groups is 1. The van der Waals surface area contributed by atoms with Gasteiger partial charge in [-0.1, -0.05) is 24.3 Å². The van der Waals surface area contributed by atoms with Crippen molar-refractivity contribution in [2.24, 2.45) is 0 Å². The predicted octanol–water partition coefficient (Wildman–Crippen LogP) is 4.21.